The average Bonchev–Trinajstić information content (AvgIpc) is 2.47. The van der Waals surface area contributed by atoms with E-state index in [4.69, 9.17) is 0 Å². The van der Waals surface area contributed by atoms with Crippen LogP contribution >= 0.6 is 0 Å². The fraction of sp³-hybridized carbons (Fsp3) is 0.467. The Kier molecular flexibility index (Phi) is 7.42. The maximum absolute atomic E-state index is 11.9. The van der Waals surface area contributed by atoms with E-state index in [1.54, 1.807) is 5.32 Å². The van der Waals surface area contributed by atoms with Crippen molar-refractivity contribution < 1.29 is 25.7 Å². The first-order valence-corrected chi connectivity index (χ1v) is 7.29. The number of rotatable bonds is 9. The minimum Gasteiger partial charge on any atom is -0.544 e. The molecule has 0 aliphatic rings. The summed E-state index contributed by atoms with van der Waals surface area (Å²) in [6.45, 7) is 3.42. The highest BCUT2D eigenvalue weighted by molar-refractivity contribution is 5.93. The van der Waals surface area contributed by atoms with Gasteiger partial charge in [-0.25, -0.2) is 0 Å². The largest absolute Gasteiger partial charge is 0.544 e. The fourth-order valence-corrected chi connectivity index (χ4v) is 1.96. The number of aryl methyl sites for hydroxylation is 1. The second-order valence-corrected chi connectivity index (χ2v) is 4.96. The number of anilines is 1. The lowest BCUT2D eigenvalue weighted by Crippen LogP contribution is -2.93. The number of quaternary nitrogens is 2. The molecule has 1 aromatic carbocycles. The van der Waals surface area contributed by atoms with Gasteiger partial charge in [0.1, 0.15) is 6.04 Å². The molecule has 0 spiro atoms. The van der Waals surface area contributed by atoms with Crippen LogP contribution in [0.4, 0.5) is 5.69 Å². The molecule has 0 radical (unpaired) electrons. The number of carbonyl (C=O) groups is 2. The Morgan fingerprint density at radius 3 is 2.52 bits per heavy atom. The molecule has 1 amide bonds. The maximum Gasteiger partial charge on any atom is 0.230 e. The average molecular weight is 294 g/mol. The summed E-state index contributed by atoms with van der Waals surface area (Å²) in [6, 6.07) is 6.65. The second kappa shape index (κ2) is 9.10. The van der Waals surface area contributed by atoms with Crippen LogP contribution in [-0.2, 0) is 16.0 Å². The molecule has 0 unspecified atom stereocenters. The van der Waals surface area contributed by atoms with Crippen molar-refractivity contribution in [3.05, 3.63) is 29.8 Å². The third kappa shape index (κ3) is 6.37. The maximum atomic E-state index is 11.9. The van der Waals surface area contributed by atoms with Gasteiger partial charge in [0, 0.05) is 12.1 Å². The first kappa shape index (κ1) is 17.1. The molecule has 6 heteroatoms. The molecule has 6 N–H and O–H groups in total. The number of amides is 1. The second-order valence-electron chi connectivity index (χ2n) is 4.96. The van der Waals surface area contributed by atoms with Crippen molar-refractivity contribution in [3.8, 4) is 0 Å². The number of nitrogens with two attached hydrogens (primary N) is 1. The number of hydrogen-bond donors (Lipinski definition) is 3. The van der Waals surface area contributed by atoms with E-state index in [1.807, 2.05) is 24.3 Å². The van der Waals surface area contributed by atoms with Gasteiger partial charge >= 0.3 is 0 Å². The highest BCUT2D eigenvalue weighted by Gasteiger charge is 2.18. The lowest BCUT2D eigenvalue weighted by molar-refractivity contribution is -0.684. The van der Waals surface area contributed by atoms with E-state index in [9.17, 15) is 14.7 Å². The van der Waals surface area contributed by atoms with Crippen LogP contribution in [0.3, 0.4) is 0 Å². The van der Waals surface area contributed by atoms with Crippen LogP contribution in [0.2, 0.25) is 0 Å². The van der Waals surface area contributed by atoms with Gasteiger partial charge in [0.15, 0.2) is 0 Å². The minimum atomic E-state index is -1.21. The van der Waals surface area contributed by atoms with E-state index in [1.165, 1.54) is 5.56 Å². The topological polar surface area (TPSA) is 113 Å². The molecule has 1 atom stereocenters. The van der Waals surface area contributed by atoms with Gasteiger partial charge in [-0.3, -0.25) is 4.79 Å². The van der Waals surface area contributed by atoms with Gasteiger partial charge in [0.2, 0.25) is 5.91 Å². The van der Waals surface area contributed by atoms with Crippen LogP contribution in [0.15, 0.2) is 24.3 Å². The van der Waals surface area contributed by atoms with E-state index in [0.29, 0.717) is 12.2 Å². The number of carboxylic acid groups (broad SMARTS) is 1. The molecule has 0 saturated heterocycles. The van der Waals surface area contributed by atoms with Gasteiger partial charge in [0.05, 0.1) is 25.5 Å². The van der Waals surface area contributed by atoms with Gasteiger partial charge in [-0.2, -0.15) is 0 Å². The molecule has 1 rings (SSSR count). The number of carbonyl (C=O) groups excluding carboxylic acids is 2. The summed E-state index contributed by atoms with van der Waals surface area (Å²) in [6.07, 6.45) is 1.64. The normalized spacial score (nSPS) is 11.9. The van der Waals surface area contributed by atoms with Crippen LogP contribution in [0.25, 0.3) is 0 Å². The number of benzene rings is 1. The Balaban J connectivity index is 2.50. The van der Waals surface area contributed by atoms with Crippen LogP contribution in [0.1, 0.15) is 25.3 Å². The summed E-state index contributed by atoms with van der Waals surface area (Å²) in [7, 11) is 0. The molecule has 0 heterocycles. The first-order chi connectivity index (χ1) is 10.1. The van der Waals surface area contributed by atoms with Crippen LogP contribution in [0, 0.1) is 0 Å². The smallest absolute Gasteiger partial charge is 0.230 e. The summed E-state index contributed by atoms with van der Waals surface area (Å²) in [5, 5.41) is 15.4. The summed E-state index contributed by atoms with van der Waals surface area (Å²) >= 11 is 0. The van der Waals surface area contributed by atoms with E-state index in [2.05, 4.69) is 18.0 Å². The summed E-state index contributed by atoms with van der Waals surface area (Å²) in [5.74, 6) is -1.53. The van der Waals surface area contributed by atoms with E-state index in [0.717, 1.165) is 19.4 Å². The fourth-order valence-electron chi connectivity index (χ4n) is 1.96. The SMILES string of the molecule is CCc1ccc(NC(=O)C[C@@H]([NH2+]CCC[NH3+])C(=O)[O-])cc1. The standard InChI is InChI=1S/C15H23N3O3/c1-2-11-4-6-12(7-5-11)18-14(19)10-13(15(20)21)17-9-3-8-16/h4-7,13,17H,2-3,8-10,16H2,1H3,(H,18,19)(H,20,21)/p+1/t13-/m1/s1. The first-order valence-electron chi connectivity index (χ1n) is 7.29. The molecule has 0 aliphatic carbocycles. The minimum absolute atomic E-state index is 0.102. The zero-order valence-electron chi connectivity index (χ0n) is 12.4. The number of aliphatic carboxylic acids is 1. The predicted octanol–water partition coefficient (Wildman–Crippen LogP) is -2.11. The molecular formula is C15H24N3O3+. The van der Waals surface area contributed by atoms with Gasteiger partial charge in [-0.15, -0.1) is 0 Å². The quantitative estimate of drug-likeness (QED) is 0.453. The van der Waals surface area contributed by atoms with Crippen molar-refractivity contribution in [1.82, 2.24) is 0 Å². The lowest BCUT2D eigenvalue weighted by Gasteiger charge is -2.16. The van der Waals surface area contributed by atoms with E-state index < -0.39 is 12.0 Å². The Hall–Kier alpha value is -1.92. The van der Waals surface area contributed by atoms with Crippen molar-refractivity contribution in [2.24, 2.45) is 0 Å². The molecule has 116 valence electrons. The van der Waals surface area contributed by atoms with Gasteiger partial charge < -0.3 is 26.3 Å². The molecule has 0 fully saturated rings. The number of carboxylic acids is 1. The highest BCUT2D eigenvalue weighted by atomic mass is 16.4. The molecule has 0 aliphatic heterocycles. The van der Waals surface area contributed by atoms with Crippen molar-refractivity contribution in [2.75, 3.05) is 18.4 Å². The summed E-state index contributed by atoms with van der Waals surface area (Å²) < 4.78 is 0. The third-order valence-electron chi connectivity index (χ3n) is 3.26. The Labute approximate surface area is 124 Å². The Bertz CT molecular complexity index is 460. The number of hydrogen-bond acceptors (Lipinski definition) is 3. The van der Waals surface area contributed by atoms with Crippen molar-refractivity contribution in [1.29, 1.82) is 0 Å². The molecule has 0 saturated carbocycles. The Morgan fingerprint density at radius 1 is 1.33 bits per heavy atom. The van der Waals surface area contributed by atoms with E-state index in [-0.39, 0.29) is 12.3 Å². The molecular weight excluding hydrogens is 270 g/mol. The van der Waals surface area contributed by atoms with Crippen molar-refractivity contribution in [2.45, 2.75) is 32.2 Å². The summed E-state index contributed by atoms with van der Waals surface area (Å²) in [4.78, 5) is 22.9. The zero-order valence-corrected chi connectivity index (χ0v) is 12.4. The molecule has 1 aromatic rings. The van der Waals surface area contributed by atoms with E-state index >= 15 is 0 Å². The third-order valence-corrected chi connectivity index (χ3v) is 3.26. The summed E-state index contributed by atoms with van der Waals surface area (Å²) in [5.41, 5.74) is 5.55. The van der Waals surface area contributed by atoms with Gasteiger partial charge in [-0.05, 0) is 24.1 Å². The van der Waals surface area contributed by atoms with Crippen LogP contribution < -0.4 is 21.5 Å². The van der Waals surface area contributed by atoms with Crippen LogP contribution in [-0.4, -0.2) is 31.0 Å². The zero-order chi connectivity index (χ0) is 15.7. The van der Waals surface area contributed by atoms with Gasteiger partial charge in [0.25, 0.3) is 0 Å². The van der Waals surface area contributed by atoms with Crippen molar-refractivity contribution >= 4 is 17.6 Å². The molecule has 21 heavy (non-hydrogen) atoms. The van der Waals surface area contributed by atoms with Gasteiger partial charge in [-0.1, -0.05) is 19.1 Å². The van der Waals surface area contributed by atoms with Crippen molar-refractivity contribution in [3.63, 3.8) is 0 Å². The number of nitrogens with one attached hydrogen (secondary N) is 1. The molecule has 6 nitrogen and oxygen atoms in total. The Morgan fingerprint density at radius 2 is 2.00 bits per heavy atom. The monoisotopic (exact) mass is 294 g/mol. The molecule has 0 bridgehead atoms. The van der Waals surface area contributed by atoms with Crippen LogP contribution in [0.5, 0.6) is 0 Å². The lowest BCUT2D eigenvalue weighted by atomic mass is 10.1. The highest BCUT2D eigenvalue weighted by Crippen LogP contribution is 2.10. The molecule has 0 aromatic heterocycles. The predicted molar refractivity (Wildman–Crippen MR) is 77.0 cm³/mol.